The van der Waals surface area contributed by atoms with Crippen molar-refractivity contribution >= 4 is 5.69 Å². The van der Waals surface area contributed by atoms with Gasteiger partial charge in [0.05, 0.1) is 5.69 Å². The Balaban J connectivity index is 3.16. The number of anilines is 1. The summed E-state index contributed by atoms with van der Waals surface area (Å²) in [5, 5.41) is 9.20. The Morgan fingerprint density at radius 2 is 2.00 bits per heavy atom. The molecule has 1 aromatic heterocycles. The molecule has 1 unspecified atom stereocenters. The summed E-state index contributed by atoms with van der Waals surface area (Å²) < 4.78 is 37.0. The van der Waals surface area contributed by atoms with Crippen LogP contribution in [0.1, 0.15) is 12.6 Å². The van der Waals surface area contributed by atoms with E-state index >= 15 is 0 Å². The molecule has 0 fully saturated rings. The number of alkyl halides is 3. The smallest absolute Gasteiger partial charge is 0.399 e. The van der Waals surface area contributed by atoms with E-state index in [1.54, 1.807) is 0 Å². The van der Waals surface area contributed by atoms with Gasteiger partial charge in [-0.05, 0) is 19.1 Å². The first-order valence-electron chi connectivity index (χ1n) is 3.76. The van der Waals surface area contributed by atoms with E-state index in [1.807, 2.05) is 0 Å². The van der Waals surface area contributed by atoms with Crippen LogP contribution in [0.3, 0.4) is 0 Å². The van der Waals surface area contributed by atoms with Crippen LogP contribution in [0.15, 0.2) is 18.3 Å². The van der Waals surface area contributed by atoms with Crippen molar-refractivity contribution in [3.8, 4) is 0 Å². The van der Waals surface area contributed by atoms with Crippen LogP contribution in [0.4, 0.5) is 18.9 Å². The van der Waals surface area contributed by atoms with Crippen LogP contribution in [0.5, 0.6) is 0 Å². The van der Waals surface area contributed by atoms with Gasteiger partial charge in [0.15, 0.2) is 5.60 Å². The predicted molar refractivity (Wildman–Crippen MR) is 44.3 cm³/mol. The third kappa shape index (κ3) is 1.79. The SMILES string of the molecule is CC(O)(c1cc(N)ccn1)C(F)(F)F. The van der Waals surface area contributed by atoms with E-state index < -0.39 is 17.5 Å². The van der Waals surface area contributed by atoms with Gasteiger partial charge in [-0.1, -0.05) is 0 Å². The summed E-state index contributed by atoms with van der Waals surface area (Å²) in [6.45, 7) is 0.634. The number of aromatic nitrogens is 1. The highest BCUT2D eigenvalue weighted by molar-refractivity contribution is 5.39. The van der Waals surface area contributed by atoms with Crippen molar-refractivity contribution in [2.45, 2.75) is 18.7 Å². The largest absolute Gasteiger partial charge is 0.422 e. The first-order valence-corrected chi connectivity index (χ1v) is 3.76. The van der Waals surface area contributed by atoms with Crippen LogP contribution in [-0.4, -0.2) is 16.3 Å². The van der Waals surface area contributed by atoms with Gasteiger partial charge in [0, 0.05) is 11.9 Å². The van der Waals surface area contributed by atoms with Gasteiger partial charge >= 0.3 is 6.18 Å². The molecule has 14 heavy (non-hydrogen) atoms. The lowest BCUT2D eigenvalue weighted by Gasteiger charge is -2.25. The summed E-state index contributed by atoms with van der Waals surface area (Å²) >= 11 is 0. The number of pyridine rings is 1. The van der Waals surface area contributed by atoms with Crippen LogP contribution in [0.2, 0.25) is 0 Å². The first kappa shape index (κ1) is 10.8. The topological polar surface area (TPSA) is 59.1 Å². The number of nitrogen functional groups attached to an aromatic ring is 1. The van der Waals surface area contributed by atoms with Gasteiger partial charge in [-0.3, -0.25) is 4.98 Å². The van der Waals surface area contributed by atoms with Gasteiger partial charge in [0.2, 0.25) is 0 Å². The molecule has 0 aromatic carbocycles. The number of hydrogen-bond acceptors (Lipinski definition) is 3. The minimum absolute atomic E-state index is 0.125. The standard InChI is InChI=1S/C8H9F3N2O/c1-7(14,8(9,10)11)6-4-5(12)2-3-13-6/h2-4,14H,1H3,(H2,12,13). The van der Waals surface area contributed by atoms with Crippen molar-refractivity contribution in [3.05, 3.63) is 24.0 Å². The minimum Gasteiger partial charge on any atom is -0.399 e. The van der Waals surface area contributed by atoms with Gasteiger partial charge < -0.3 is 10.8 Å². The molecule has 0 saturated heterocycles. The summed E-state index contributed by atoms with van der Waals surface area (Å²) in [6.07, 6.45) is -3.65. The molecule has 0 saturated carbocycles. The summed E-state index contributed by atoms with van der Waals surface area (Å²) in [4.78, 5) is 3.43. The van der Waals surface area contributed by atoms with Gasteiger partial charge in [-0.2, -0.15) is 13.2 Å². The molecular weight excluding hydrogens is 197 g/mol. The second-order valence-electron chi connectivity index (χ2n) is 3.04. The number of rotatable bonds is 1. The van der Waals surface area contributed by atoms with E-state index in [9.17, 15) is 18.3 Å². The van der Waals surface area contributed by atoms with Crippen molar-refractivity contribution in [1.29, 1.82) is 0 Å². The molecule has 1 rings (SSSR count). The Morgan fingerprint density at radius 3 is 2.43 bits per heavy atom. The van der Waals surface area contributed by atoms with Crippen molar-refractivity contribution in [2.75, 3.05) is 5.73 Å². The lowest BCUT2D eigenvalue weighted by molar-refractivity contribution is -0.260. The average molecular weight is 206 g/mol. The van der Waals surface area contributed by atoms with Gasteiger partial charge in [0.25, 0.3) is 0 Å². The Hall–Kier alpha value is -1.30. The highest BCUT2D eigenvalue weighted by Crippen LogP contribution is 2.37. The zero-order chi connectivity index (χ0) is 11.0. The van der Waals surface area contributed by atoms with Crippen LogP contribution in [0.25, 0.3) is 0 Å². The van der Waals surface area contributed by atoms with Crippen LogP contribution < -0.4 is 5.73 Å². The molecule has 3 nitrogen and oxygen atoms in total. The van der Waals surface area contributed by atoms with E-state index in [0.717, 1.165) is 12.3 Å². The third-order valence-corrected chi connectivity index (χ3v) is 1.83. The zero-order valence-electron chi connectivity index (χ0n) is 7.34. The van der Waals surface area contributed by atoms with E-state index in [-0.39, 0.29) is 5.69 Å². The van der Waals surface area contributed by atoms with Gasteiger partial charge in [0.1, 0.15) is 0 Å². The van der Waals surface area contributed by atoms with Crippen molar-refractivity contribution in [2.24, 2.45) is 0 Å². The number of nitrogens with two attached hydrogens (primary N) is 1. The maximum Gasteiger partial charge on any atom is 0.422 e. The lowest BCUT2D eigenvalue weighted by atomic mass is 10.0. The van der Waals surface area contributed by atoms with Crippen LogP contribution >= 0.6 is 0 Å². The molecule has 1 heterocycles. The predicted octanol–water partition coefficient (Wildman–Crippen LogP) is 1.43. The molecule has 0 radical (unpaired) electrons. The molecule has 0 spiro atoms. The summed E-state index contributed by atoms with van der Waals surface area (Å²) in [5.74, 6) is 0. The van der Waals surface area contributed by atoms with Gasteiger partial charge in [-0.25, -0.2) is 0 Å². The number of aliphatic hydroxyl groups is 1. The highest BCUT2D eigenvalue weighted by atomic mass is 19.4. The summed E-state index contributed by atoms with van der Waals surface area (Å²) in [6, 6.07) is 2.34. The Labute approximate surface area is 78.4 Å². The Kier molecular flexibility index (Phi) is 2.41. The lowest BCUT2D eigenvalue weighted by Crippen LogP contribution is -2.40. The molecule has 78 valence electrons. The quantitative estimate of drug-likeness (QED) is 0.730. The molecule has 0 aliphatic rings. The van der Waals surface area contributed by atoms with Gasteiger partial charge in [-0.15, -0.1) is 0 Å². The number of nitrogens with zero attached hydrogens (tertiary/aromatic N) is 1. The maximum absolute atomic E-state index is 12.3. The Bertz CT molecular complexity index is 336. The molecule has 6 heteroatoms. The second kappa shape index (κ2) is 3.13. The molecule has 0 bridgehead atoms. The fourth-order valence-corrected chi connectivity index (χ4v) is 0.858. The number of halogens is 3. The highest BCUT2D eigenvalue weighted by Gasteiger charge is 2.52. The summed E-state index contributed by atoms with van der Waals surface area (Å²) in [5.41, 5.74) is 1.93. The van der Waals surface area contributed by atoms with E-state index in [0.29, 0.717) is 6.92 Å². The van der Waals surface area contributed by atoms with Crippen LogP contribution in [0, 0.1) is 0 Å². The average Bonchev–Trinajstić information content (AvgIpc) is 2.02. The molecule has 1 atom stereocenters. The van der Waals surface area contributed by atoms with Crippen molar-refractivity contribution in [1.82, 2.24) is 4.98 Å². The van der Waals surface area contributed by atoms with Crippen LogP contribution in [-0.2, 0) is 5.60 Å². The van der Waals surface area contributed by atoms with Crippen molar-refractivity contribution in [3.63, 3.8) is 0 Å². The Morgan fingerprint density at radius 1 is 1.43 bits per heavy atom. The molecular formula is C8H9F3N2O. The van der Waals surface area contributed by atoms with E-state index in [2.05, 4.69) is 4.98 Å². The second-order valence-corrected chi connectivity index (χ2v) is 3.04. The zero-order valence-corrected chi connectivity index (χ0v) is 7.34. The maximum atomic E-state index is 12.3. The fraction of sp³-hybridized carbons (Fsp3) is 0.375. The van der Waals surface area contributed by atoms with E-state index in [1.165, 1.54) is 6.07 Å². The fourth-order valence-electron chi connectivity index (χ4n) is 0.858. The monoisotopic (exact) mass is 206 g/mol. The molecule has 1 aromatic rings. The normalized spacial score (nSPS) is 16.4. The molecule has 0 amide bonds. The van der Waals surface area contributed by atoms with Crippen molar-refractivity contribution < 1.29 is 18.3 Å². The summed E-state index contributed by atoms with van der Waals surface area (Å²) in [7, 11) is 0. The minimum atomic E-state index is -4.77. The molecule has 0 aliphatic heterocycles. The number of hydrogen-bond donors (Lipinski definition) is 2. The van der Waals surface area contributed by atoms with E-state index in [4.69, 9.17) is 5.73 Å². The molecule has 3 N–H and O–H groups in total. The third-order valence-electron chi connectivity index (χ3n) is 1.83. The molecule has 0 aliphatic carbocycles. The first-order chi connectivity index (χ1) is 6.25.